The van der Waals surface area contributed by atoms with Gasteiger partial charge in [0.2, 0.25) is 17.7 Å². The Labute approximate surface area is 481 Å². The predicted molar refractivity (Wildman–Crippen MR) is 278 cm³/mol. The highest BCUT2D eigenvalue weighted by atomic mass is 16.7. The van der Waals surface area contributed by atoms with E-state index in [4.69, 9.17) is 71.1 Å². The molecular weight excluding hydrogens is 1120 g/mol. The average Bonchev–Trinajstić information content (AvgIpc) is 3.66. The number of rotatable bonds is 48. The van der Waals surface area contributed by atoms with Gasteiger partial charge >= 0.3 is 0 Å². The zero-order valence-corrected chi connectivity index (χ0v) is 47.1. The third-order valence-electron chi connectivity index (χ3n) is 12.7. The number of amides is 3. The van der Waals surface area contributed by atoms with E-state index >= 15 is 0 Å². The van der Waals surface area contributed by atoms with Crippen LogP contribution in [0.3, 0.4) is 0 Å². The molecule has 15 atom stereocenters. The zero-order valence-electron chi connectivity index (χ0n) is 47.1. The van der Waals surface area contributed by atoms with Crippen molar-refractivity contribution < 1.29 is 147 Å². The third-order valence-corrected chi connectivity index (χ3v) is 12.7. The molecule has 0 aromatic carbocycles. The lowest BCUT2D eigenvalue weighted by Crippen LogP contribution is -2.59. The maximum Gasteiger partial charge on any atom is 0.222 e. The van der Waals surface area contributed by atoms with Crippen LogP contribution in [0.15, 0.2) is 0 Å². The highest BCUT2D eigenvalue weighted by Crippen LogP contribution is 2.25. The molecule has 3 heterocycles. The maximum atomic E-state index is 12.5. The van der Waals surface area contributed by atoms with Crippen LogP contribution in [0.1, 0.15) is 26.2 Å². The molecule has 0 bridgehead atoms. The summed E-state index contributed by atoms with van der Waals surface area (Å²) in [7, 11) is 0. The molecule has 33 heteroatoms. The van der Waals surface area contributed by atoms with Crippen molar-refractivity contribution in [1.29, 1.82) is 0 Å². The number of hydrogen-bond acceptors (Lipinski definition) is 30. The molecule has 0 aromatic heterocycles. The summed E-state index contributed by atoms with van der Waals surface area (Å²) < 4.78 is 82.2. The first-order chi connectivity index (χ1) is 40.0. The van der Waals surface area contributed by atoms with Gasteiger partial charge in [-0.15, -0.1) is 0 Å². The molecule has 0 saturated carbocycles. The Balaban J connectivity index is 1.26. The van der Waals surface area contributed by atoms with Gasteiger partial charge in [-0.2, -0.15) is 0 Å². The van der Waals surface area contributed by atoms with Crippen molar-refractivity contribution in [3.8, 4) is 0 Å². The standard InChI is InChI=1S/C50H93N3O30/c1-50(29-75-8-2-35(57)51-5-11-69-14-17-72-20-23-78-47-44(66)41(63)38(60)32(26-54)81-47,30-76-9-3-36(58)52-6-12-70-15-18-73-21-24-79-48-45(67)42(64)39(61)33(27-55)82-48)31-77-10-4-37(59)53-7-13-71-16-19-74-22-25-80-49-46(68)43(65)40(62)34(28-56)83-49/h32-34,38-49,54-56,60-68H,2-31H2,1H3,(H,51,57)(H,52,58)(H,53,59)/t32?,33?,34?,38-,39-,40-,41+,42+,43+,44?,45?,46?,47+,48+,49+,50?/m1/s1. The second-order valence-electron chi connectivity index (χ2n) is 19.6. The van der Waals surface area contributed by atoms with Gasteiger partial charge in [0.15, 0.2) is 18.9 Å². The topological polar surface area (TPSA) is 469 Å². The largest absolute Gasteiger partial charge is 0.394 e. The molecular formula is C50H93N3O30. The van der Waals surface area contributed by atoms with Gasteiger partial charge < -0.3 is 148 Å². The first kappa shape index (κ1) is 74.6. The molecule has 0 spiro atoms. The minimum atomic E-state index is -1.55. The monoisotopic (exact) mass is 1220 g/mol. The van der Waals surface area contributed by atoms with Gasteiger partial charge in [0.1, 0.15) is 73.2 Å². The molecule has 33 nitrogen and oxygen atoms in total. The Morgan fingerprint density at radius 3 is 0.831 bits per heavy atom. The second-order valence-corrected chi connectivity index (χ2v) is 19.6. The van der Waals surface area contributed by atoms with E-state index in [9.17, 15) is 75.7 Å². The summed E-state index contributed by atoms with van der Waals surface area (Å²) in [6.07, 6.45) is -20.5. The summed E-state index contributed by atoms with van der Waals surface area (Å²) in [5.41, 5.74) is -0.755. The lowest BCUT2D eigenvalue weighted by Gasteiger charge is -2.39. The van der Waals surface area contributed by atoms with Crippen molar-refractivity contribution in [1.82, 2.24) is 16.0 Å². The minimum Gasteiger partial charge on any atom is -0.394 e. The van der Waals surface area contributed by atoms with Gasteiger partial charge in [-0.1, -0.05) is 6.92 Å². The fourth-order valence-corrected chi connectivity index (χ4v) is 7.88. The van der Waals surface area contributed by atoms with Crippen molar-refractivity contribution in [2.75, 3.05) is 178 Å². The normalized spacial score (nSPS) is 29.1. The number of aliphatic hydroxyl groups is 12. The summed E-state index contributed by atoms with van der Waals surface area (Å²) in [6.45, 7) is 3.37. The van der Waals surface area contributed by atoms with E-state index in [-0.39, 0.29) is 195 Å². The van der Waals surface area contributed by atoms with Gasteiger partial charge in [0.05, 0.1) is 159 Å². The summed E-state index contributed by atoms with van der Waals surface area (Å²) in [4.78, 5) is 37.5. The van der Waals surface area contributed by atoms with Gasteiger partial charge in [0.25, 0.3) is 0 Å². The minimum absolute atomic E-state index is 0.0108. The van der Waals surface area contributed by atoms with Gasteiger partial charge in [-0.05, 0) is 0 Å². The summed E-state index contributed by atoms with van der Waals surface area (Å²) in [5, 5.41) is 125. The molecule has 3 amide bonds. The van der Waals surface area contributed by atoms with Crippen LogP contribution in [-0.4, -0.2) is 349 Å². The van der Waals surface area contributed by atoms with Gasteiger partial charge in [-0.3, -0.25) is 14.4 Å². The summed E-state index contributed by atoms with van der Waals surface area (Å²) in [6, 6.07) is 0. The molecule has 0 aliphatic carbocycles. The SMILES string of the molecule is CC(COCCC(=O)NCCOCCOCCO[C@H]1OC(CO)[C@@H](O)[C@H](O)C1O)(COCCC(=O)NCCOCCOCCO[C@H]1OC(CO)[C@@H](O)[C@H](O)C1O)COCCC(=O)NCCOCCOCCO[C@H]1OC(CO)[C@@H](O)[C@H](O)C1O. The number of nitrogens with one attached hydrogen (secondary N) is 3. The first-order valence-electron chi connectivity index (χ1n) is 27.7. The van der Waals surface area contributed by atoms with E-state index in [1.165, 1.54) is 0 Å². The lowest BCUT2D eigenvalue weighted by atomic mass is 9.94. The van der Waals surface area contributed by atoms with Crippen LogP contribution in [0.2, 0.25) is 0 Å². The Hall–Kier alpha value is -2.67. The van der Waals surface area contributed by atoms with Gasteiger partial charge in [0, 0.05) is 44.3 Å². The quantitative estimate of drug-likeness (QED) is 0.0252. The second kappa shape index (κ2) is 43.9. The van der Waals surface area contributed by atoms with E-state index in [1.807, 2.05) is 6.92 Å². The Kier molecular flexibility index (Phi) is 39.4. The number of aliphatic hydroxyl groups excluding tert-OH is 12. The maximum absolute atomic E-state index is 12.5. The van der Waals surface area contributed by atoms with Crippen molar-refractivity contribution in [3.05, 3.63) is 0 Å². The number of ether oxygens (including phenoxy) is 15. The van der Waals surface area contributed by atoms with Crippen LogP contribution >= 0.6 is 0 Å². The highest BCUT2D eigenvalue weighted by Gasteiger charge is 2.46. The van der Waals surface area contributed by atoms with E-state index in [0.717, 1.165) is 0 Å². The molecule has 0 radical (unpaired) electrons. The van der Waals surface area contributed by atoms with E-state index in [1.54, 1.807) is 0 Å². The fraction of sp³-hybridized carbons (Fsp3) is 0.940. The summed E-state index contributed by atoms with van der Waals surface area (Å²) >= 11 is 0. The molecule has 83 heavy (non-hydrogen) atoms. The Morgan fingerprint density at radius 1 is 0.337 bits per heavy atom. The van der Waals surface area contributed by atoms with E-state index in [0.29, 0.717) is 0 Å². The summed E-state index contributed by atoms with van der Waals surface area (Å²) in [5.74, 6) is -0.847. The Morgan fingerprint density at radius 2 is 0.578 bits per heavy atom. The van der Waals surface area contributed by atoms with Crippen LogP contribution < -0.4 is 16.0 Å². The molecule has 488 valence electrons. The lowest BCUT2D eigenvalue weighted by molar-refractivity contribution is -0.302. The molecule has 3 fully saturated rings. The van der Waals surface area contributed by atoms with Crippen molar-refractivity contribution in [2.24, 2.45) is 5.41 Å². The third kappa shape index (κ3) is 29.7. The van der Waals surface area contributed by atoms with E-state index in [2.05, 4.69) is 16.0 Å². The van der Waals surface area contributed by atoms with Crippen molar-refractivity contribution in [3.63, 3.8) is 0 Å². The molecule has 3 aliphatic rings. The van der Waals surface area contributed by atoms with Crippen molar-refractivity contribution in [2.45, 2.75) is 118 Å². The van der Waals surface area contributed by atoms with Crippen molar-refractivity contribution >= 4 is 17.7 Å². The first-order valence-corrected chi connectivity index (χ1v) is 27.7. The predicted octanol–water partition coefficient (Wildman–Crippen LogP) is -8.89. The van der Waals surface area contributed by atoms with Crippen LogP contribution in [0, 0.1) is 5.41 Å². The van der Waals surface area contributed by atoms with Crippen LogP contribution in [0.25, 0.3) is 0 Å². The van der Waals surface area contributed by atoms with Crippen LogP contribution in [0.4, 0.5) is 0 Å². The zero-order chi connectivity index (χ0) is 60.8. The molecule has 6 unspecified atom stereocenters. The number of hydrogen-bond donors (Lipinski definition) is 15. The number of carbonyl (C=O) groups is 3. The van der Waals surface area contributed by atoms with Crippen LogP contribution in [-0.2, 0) is 85.4 Å². The highest BCUT2D eigenvalue weighted by molar-refractivity contribution is 5.76. The molecule has 0 aromatic rings. The smallest absolute Gasteiger partial charge is 0.222 e. The number of carbonyl (C=O) groups excluding carboxylic acids is 3. The van der Waals surface area contributed by atoms with Gasteiger partial charge in [-0.25, -0.2) is 0 Å². The average molecular weight is 1220 g/mol. The molecule has 3 rings (SSSR count). The van der Waals surface area contributed by atoms with E-state index < -0.39 is 117 Å². The Bertz CT molecular complexity index is 1500. The van der Waals surface area contributed by atoms with Crippen LogP contribution in [0.5, 0.6) is 0 Å². The molecule has 3 saturated heterocycles. The fourth-order valence-electron chi connectivity index (χ4n) is 7.88. The molecule has 3 aliphatic heterocycles. The molecule has 15 N–H and O–H groups in total.